The molecule has 3 rings (SSSR count). The van der Waals surface area contributed by atoms with E-state index in [0.717, 1.165) is 16.8 Å². The van der Waals surface area contributed by atoms with Crippen LogP contribution in [0.25, 0.3) is 11.1 Å². The Labute approximate surface area is 168 Å². The van der Waals surface area contributed by atoms with Gasteiger partial charge in [0, 0.05) is 29.2 Å². The molecule has 0 saturated heterocycles. The molecule has 0 saturated carbocycles. The largest absolute Gasteiger partial charge is 0.321 e. The minimum absolute atomic E-state index is 0.304. The number of hydrogen-bond acceptors (Lipinski definition) is 5. The van der Waals surface area contributed by atoms with Crippen molar-refractivity contribution < 1.29 is 4.79 Å². The van der Waals surface area contributed by atoms with E-state index < -0.39 is 5.41 Å². The molecule has 0 spiro atoms. The van der Waals surface area contributed by atoms with Crippen molar-refractivity contribution in [1.82, 2.24) is 15.0 Å². The third-order valence-corrected chi connectivity index (χ3v) is 4.53. The van der Waals surface area contributed by atoms with E-state index in [-0.39, 0.29) is 5.91 Å². The zero-order valence-electron chi connectivity index (χ0n) is 15.7. The lowest BCUT2D eigenvalue weighted by Gasteiger charge is -2.15. The highest BCUT2D eigenvalue weighted by atomic mass is 35.5. The molecule has 3 aromatic rings. The second kappa shape index (κ2) is 7.75. The number of pyridine rings is 3. The van der Waals surface area contributed by atoms with E-state index in [9.17, 15) is 10.1 Å². The van der Waals surface area contributed by atoms with E-state index in [4.69, 9.17) is 11.6 Å². The van der Waals surface area contributed by atoms with Crippen LogP contribution in [0, 0.1) is 18.3 Å². The molecule has 0 radical (unpaired) electrons. The summed E-state index contributed by atoms with van der Waals surface area (Å²) >= 11 is 5.98. The summed E-state index contributed by atoms with van der Waals surface area (Å²) in [7, 11) is 0. The van der Waals surface area contributed by atoms with Crippen molar-refractivity contribution in [2.75, 3.05) is 5.32 Å². The van der Waals surface area contributed by atoms with Crippen LogP contribution < -0.4 is 5.32 Å². The average Bonchev–Trinajstić information content (AvgIpc) is 2.69. The Kier molecular flexibility index (Phi) is 5.39. The first-order valence-corrected chi connectivity index (χ1v) is 8.95. The molecule has 0 atom stereocenters. The van der Waals surface area contributed by atoms with Crippen LogP contribution in [0.2, 0.25) is 5.15 Å². The first kappa shape index (κ1) is 19.5. The number of rotatable bonds is 4. The van der Waals surface area contributed by atoms with Gasteiger partial charge in [-0.25, -0.2) is 4.98 Å². The van der Waals surface area contributed by atoms with Crippen LogP contribution in [0.3, 0.4) is 0 Å². The third kappa shape index (κ3) is 4.16. The second-order valence-electron chi connectivity index (χ2n) is 6.84. The molecule has 0 aromatic carbocycles. The summed E-state index contributed by atoms with van der Waals surface area (Å²) in [6.45, 7) is 5.40. The minimum atomic E-state index is -0.782. The molecule has 0 aliphatic heterocycles. The summed E-state index contributed by atoms with van der Waals surface area (Å²) < 4.78 is 0. The number of halogens is 1. The van der Waals surface area contributed by atoms with E-state index in [0.29, 0.717) is 22.1 Å². The quantitative estimate of drug-likeness (QED) is 0.658. The number of nitriles is 1. The number of anilines is 1. The number of nitrogens with one attached hydrogen (secondary N) is 1. The number of aromatic nitrogens is 3. The number of aryl methyl sites for hydroxylation is 1. The predicted molar refractivity (Wildman–Crippen MR) is 108 cm³/mol. The fourth-order valence-electron chi connectivity index (χ4n) is 2.64. The lowest BCUT2D eigenvalue weighted by molar-refractivity contribution is 0.102. The molecule has 7 heteroatoms. The van der Waals surface area contributed by atoms with E-state index in [2.05, 4.69) is 26.3 Å². The first-order valence-electron chi connectivity index (χ1n) is 8.58. The van der Waals surface area contributed by atoms with Gasteiger partial charge in [-0.15, -0.1) is 0 Å². The summed E-state index contributed by atoms with van der Waals surface area (Å²) in [5.41, 5.74) is 3.25. The lowest BCUT2D eigenvalue weighted by Crippen LogP contribution is -2.18. The van der Waals surface area contributed by atoms with Crippen molar-refractivity contribution in [3.63, 3.8) is 0 Å². The summed E-state index contributed by atoms with van der Waals surface area (Å²) in [5, 5.41) is 12.5. The van der Waals surface area contributed by atoms with Gasteiger partial charge in [0.2, 0.25) is 0 Å². The molecule has 0 aliphatic carbocycles. The predicted octanol–water partition coefficient (Wildman–Crippen LogP) is 4.55. The molecular formula is C21H18ClN5O. The van der Waals surface area contributed by atoms with Gasteiger partial charge in [0.15, 0.2) is 0 Å². The zero-order valence-corrected chi connectivity index (χ0v) is 16.4. The fraction of sp³-hybridized carbons (Fsp3) is 0.190. The molecule has 140 valence electrons. The van der Waals surface area contributed by atoms with Crippen LogP contribution in [0.1, 0.15) is 35.6 Å². The van der Waals surface area contributed by atoms with Crippen molar-refractivity contribution in [3.8, 4) is 17.2 Å². The minimum Gasteiger partial charge on any atom is -0.321 e. The van der Waals surface area contributed by atoms with Gasteiger partial charge < -0.3 is 5.32 Å². The molecule has 3 aromatic heterocycles. The van der Waals surface area contributed by atoms with Gasteiger partial charge in [0.05, 0.1) is 29.1 Å². The Hall–Kier alpha value is -3.30. The van der Waals surface area contributed by atoms with Gasteiger partial charge in [-0.3, -0.25) is 14.8 Å². The Morgan fingerprint density at radius 1 is 1.14 bits per heavy atom. The van der Waals surface area contributed by atoms with Gasteiger partial charge in [0.25, 0.3) is 5.91 Å². The second-order valence-corrected chi connectivity index (χ2v) is 7.23. The van der Waals surface area contributed by atoms with Gasteiger partial charge in [0.1, 0.15) is 5.15 Å². The number of carbonyl (C=O) groups is 1. The van der Waals surface area contributed by atoms with E-state index >= 15 is 0 Å². The lowest BCUT2D eigenvalue weighted by atomic mass is 9.90. The Morgan fingerprint density at radius 2 is 1.89 bits per heavy atom. The van der Waals surface area contributed by atoms with Crippen LogP contribution in [-0.4, -0.2) is 20.9 Å². The first-order chi connectivity index (χ1) is 13.3. The molecule has 0 bridgehead atoms. The molecule has 0 aliphatic rings. The van der Waals surface area contributed by atoms with Crippen LogP contribution in [0.15, 0.2) is 48.9 Å². The number of nitrogens with zero attached hydrogens (tertiary/aromatic N) is 4. The van der Waals surface area contributed by atoms with Gasteiger partial charge in [-0.1, -0.05) is 11.6 Å². The molecule has 6 nitrogen and oxygen atoms in total. The van der Waals surface area contributed by atoms with Crippen molar-refractivity contribution in [2.24, 2.45) is 0 Å². The number of hydrogen-bond donors (Lipinski definition) is 1. The smallest absolute Gasteiger partial charge is 0.255 e. The maximum atomic E-state index is 12.7. The maximum absolute atomic E-state index is 12.7. The molecule has 1 amide bonds. The highest BCUT2D eigenvalue weighted by molar-refractivity contribution is 6.29. The number of carbonyl (C=O) groups excluding carboxylic acids is 1. The van der Waals surface area contributed by atoms with E-state index in [1.165, 1.54) is 6.20 Å². The van der Waals surface area contributed by atoms with Crippen molar-refractivity contribution in [3.05, 3.63) is 71.0 Å². The van der Waals surface area contributed by atoms with Crippen LogP contribution in [0.4, 0.5) is 5.69 Å². The van der Waals surface area contributed by atoms with Gasteiger partial charge in [-0.2, -0.15) is 5.26 Å². The summed E-state index contributed by atoms with van der Waals surface area (Å²) in [5.74, 6) is -0.304. The van der Waals surface area contributed by atoms with Crippen LogP contribution in [-0.2, 0) is 5.41 Å². The van der Waals surface area contributed by atoms with Crippen molar-refractivity contribution in [1.29, 1.82) is 5.26 Å². The number of amides is 1. The maximum Gasteiger partial charge on any atom is 0.255 e. The van der Waals surface area contributed by atoms with Gasteiger partial charge >= 0.3 is 0 Å². The summed E-state index contributed by atoms with van der Waals surface area (Å²) in [6.07, 6.45) is 4.75. The Bertz CT molecular complexity index is 1090. The molecule has 28 heavy (non-hydrogen) atoms. The summed E-state index contributed by atoms with van der Waals surface area (Å²) in [6, 6.07) is 10.8. The third-order valence-electron chi connectivity index (χ3n) is 4.32. The van der Waals surface area contributed by atoms with Crippen LogP contribution >= 0.6 is 11.6 Å². The average molecular weight is 392 g/mol. The molecule has 3 heterocycles. The van der Waals surface area contributed by atoms with Gasteiger partial charge in [-0.05, 0) is 56.7 Å². The molecule has 0 unspecified atom stereocenters. The van der Waals surface area contributed by atoms with E-state index in [1.807, 2.05) is 19.1 Å². The zero-order chi connectivity index (χ0) is 20.3. The van der Waals surface area contributed by atoms with E-state index in [1.54, 1.807) is 44.4 Å². The Balaban J connectivity index is 1.89. The normalized spacial score (nSPS) is 11.0. The highest BCUT2D eigenvalue weighted by Crippen LogP contribution is 2.27. The molecule has 1 N–H and O–H groups in total. The Morgan fingerprint density at radius 3 is 2.61 bits per heavy atom. The topological polar surface area (TPSA) is 91.6 Å². The fourth-order valence-corrected chi connectivity index (χ4v) is 2.81. The SMILES string of the molecule is Cc1ncc(NC(=O)c2ccnc(C(C)(C)C#N)c2)cc1-c1ccnc(Cl)c1. The van der Waals surface area contributed by atoms with Crippen LogP contribution in [0.5, 0.6) is 0 Å². The van der Waals surface area contributed by atoms with Crippen molar-refractivity contribution in [2.45, 2.75) is 26.2 Å². The summed E-state index contributed by atoms with van der Waals surface area (Å²) in [4.78, 5) is 25.3. The van der Waals surface area contributed by atoms with Crippen molar-refractivity contribution >= 4 is 23.2 Å². The molecule has 0 fully saturated rings. The standard InChI is InChI=1S/C21H18ClN5O/c1-13-17(14-4-7-25-19(22)9-14)10-16(11-26-13)27-20(28)15-5-6-24-18(8-15)21(2,3)12-23/h4-11H,1-3H3,(H,27,28). The molecular weight excluding hydrogens is 374 g/mol. The monoisotopic (exact) mass is 391 g/mol. The highest BCUT2D eigenvalue weighted by Gasteiger charge is 2.22.